The molecule has 0 saturated carbocycles. The molecule has 0 fully saturated rings. The summed E-state index contributed by atoms with van der Waals surface area (Å²) in [6, 6.07) is 26.6. The summed E-state index contributed by atoms with van der Waals surface area (Å²) in [6.45, 7) is 7.55. The highest BCUT2D eigenvalue weighted by atomic mass is 19.1. The summed E-state index contributed by atoms with van der Waals surface area (Å²) in [5.74, 6) is -0.164. The molecule has 0 N–H and O–H groups in total. The number of rotatable bonds is 8. The van der Waals surface area contributed by atoms with Crippen molar-refractivity contribution in [1.82, 2.24) is 0 Å². The van der Waals surface area contributed by atoms with Gasteiger partial charge in [0.15, 0.2) is 0 Å². The van der Waals surface area contributed by atoms with Gasteiger partial charge < -0.3 is 0 Å². The molecule has 0 aliphatic carbocycles. The number of hydrogen-bond acceptors (Lipinski definition) is 0. The average molecular weight is 407 g/mol. The molecule has 0 nitrogen and oxygen atoms in total. The molecule has 0 aliphatic rings. The van der Waals surface area contributed by atoms with E-state index in [2.05, 4.69) is 55.6 Å². The number of fused-ring (bicyclic) bond motifs is 1. The first-order chi connectivity index (χ1) is 15.2. The van der Waals surface area contributed by atoms with Gasteiger partial charge >= 0.3 is 0 Å². The molecular formula is C30H27F. The predicted octanol–water partition coefficient (Wildman–Crippen LogP) is 8.55. The standard InChI is InChI=1S/C30H27F/c1-3-5-7-22-9-13-24(14-10-22)26-17-19-29-27(21-26)18-20-28(30(29)31)25-15-11-23(12-16-25)8-6-4-2/h3-4,9-21H,1-2,5-8H2. The molecule has 0 atom stereocenters. The highest BCUT2D eigenvalue weighted by molar-refractivity contribution is 5.91. The van der Waals surface area contributed by atoms with Gasteiger partial charge in [0.25, 0.3) is 0 Å². The van der Waals surface area contributed by atoms with Crippen LogP contribution < -0.4 is 0 Å². The fourth-order valence-corrected chi connectivity index (χ4v) is 3.95. The minimum absolute atomic E-state index is 0.164. The van der Waals surface area contributed by atoms with Crippen LogP contribution in [0.1, 0.15) is 24.0 Å². The van der Waals surface area contributed by atoms with E-state index >= 15 is 4.39 Å². The highest BCUT2D eigenvalue weighted by Gasteiger charge is 2.10. The zero-order valence-electron chi connectivity index (χ0n) is 17.8. The molecule has 4 aromatic rings. The smallest absolute Gasteiger partial charge is 0.138 e. The van der Waals surface area contributed by atoms with E-state index in [1.807, 2.05) is 48.6 Å². The van der Waals surface area contributed by atoms with Crippen LogP contribution in [0.15, 0.2) is 104 Å². The van der Waals surface area contributed by atoms with Gasteiger partial charge in [-0.05, 0) is 65.0 Å². The molecule has 0 radical (unpaired) electrons. The summed E-state index contributed by atoms with van der Waals surface area (Å²) in [5.41, 5.74) is 6.33. The van der Waals surface area contributed by atoms with Crippen molar-refractivity contribution in [3.63, 3.8) is 0 Å². The molecule has 0 bridgehead atoms. The van der Waals surface area contributed by atoms with Crippen molar-refractivity contribution in [2.24, 2.45) is 0 Å². The van der Waals surface area contributed by atoms with Crippen LogP contribution in [0.2, 0.25) is 0 Å². The predicted molar refractivity (Wildman–Crippen MR) is 132 cm³/mol. The lowest BCUT2D eigenvalue weighted by Gasteiger charge is -2.10. The van der Waals surface area contributed by atoms with Gasteiger partial charge in [0.2, 0.25) is 0 Å². The summed E-state index contributed by atoms with van der Waals surface area (Å²) in [7, 11) is 0. The van der Waals surface area contributed by atoms with Crippen LogP contribution in [-0.4, -0.2) is 0 Å². The first-order valence-corrected chi connectivity index (χ1v) is 10.8. The number of benzene rings is 4. The lowest BCUT2D eigenvalue weighted by molar-refractivity contribution is 0.643. The van der Waals surface area contributed by atoms with Crippen molar-refractivity contribution in [3.8, 4) is 22.3 Å². The molecule has 4 aromatic carbocycles. The van der Waals surface area contributed by atoms with Crippen molar-refractivity contribution in [2.45, 2.75) is 25.7 Å². The topological polar surface area (TPSA) is 0 Å². The Kier molecular flexibility index (Phi) is 6.43. The second kappa shape index (κ2) is 9.57. The van der Waals surface area contributed by atoms with Gasteiger partial charge in [-0.3, -0.25) is 0 Å². The van der Waals surface area contributed by atoms with Crippen LogP contribution in [0.3, 0.4) is 0 Å². The maximum Gasteiger partial charge on any atom is 0.138 e. The minimum atomic E-state index is -0.164. The number of halogens is 1. The highest BCUT2D eigenvalue weighted by Crippen LogP contribution is 2.32. The van der Waals surface area contributed by atoms with E-state index in [-0.39, 0.29) is 5.82 Å². The van der Waals surface area contributed by atoms with Crippen LogP contribution in [0.4, 0.5) is 4.39 Å². The van der Waals surface area contributed by atoms with Gasteiger partial charge in [-0.2, -0.15) is 0 Å². The third-order valence-electron chi connectivity index (χ3n) is 5.78. The molecule has 0 aromatic heterocycles. The van der Waals surface area contributed by atoms with Gasteiger partial charge in [-0.15, -0.1) is 13.2 Å². The van der Waals surface area contributed by atoms with E-state index in [0.29, 0.717) is 10.9 Å². The Morgan fingerprint density at radius 1 is 0.613 bits per heavy atom. The fourth-order valence-electron chi connectivity index (χ4n) is 3.95. The Labute approximate surface area is 184 Å². The fraction of sp³-hybridized carbons (Fsp3) is 0.133. The number of aryl methyl sites for hydroxylation is 2. The number of allylic oxidation sites excluding steroid dienone is 2. The Balaban J connectivity index is 1.62. The van der Waals surface area contributed by atoms with Crippen LogP contribution in [0.5, 0.6) is 0 Å². The first-order valence-electron chi connectivity index (χ1n) is 10.8. The normalized spacial score (nSPS) is 10.9. The van der Waals surface area contributed by atoms with E-state index in [9.17, 15) is 0 Å². The van der Waals surface area contributed by atoms with E-state index < -0.39 is 0 Å². The van der Waals surface area contributed by atoms with Gasteiger partial charge in [-0.25, -0.2) is 4.39 Å². The van der Waals surface area contributed by atoms with Crippen LogP contribution in [-0.2, 0) is 12.8 Å². The van der Waals surface area contributed by atoms with Crippen molar-refractivity contribution < 1.29 is 4.39 Å². The largest absolute Gasteiger partial charge is 0.206 e. The van der Waals surface area contributed by atoms with Crippen LogP contribution in [0, 0.1) is 5.82 Å². The lowest BCUT2D eigenvalue weighted by Crippen LogP contribution is -1.89. The minimum Gasteiger partial charge on any atom is -0.206 e. The van der Waals surface area contributed by atoms with Crippen LogP contribution in [0.25, 0.3) is 33.0 Å². The summed E-state index contributed by atoms with van der Waals surface area (Å²) >= 11 is 0. The van der Waals surface area contributed by atoms with Gasteiger partial charge in [0, 0.05) is 10.9 Å². The molecular weight excluding hydrogens is 379 g/mol. The molecule has 154 valence electrons. The molecule has 31 heavy (non-hydrogen) atoms. The summed E-state index contributed by atoms with van der Waals surface area (Å²) in [5, 5.41) is 1.57. The number of hydrogen-bond donors (Lipinski definition) is 0. The zero-order valence-corrected chi connectivity index (χ0v) is 17.8. The van der Waals surface area contributed by atoms with Gasteiger partial charge in [0.1, 0.15) is 5.82 Å². The maximum atomic E-state index is 15.3. The van der Waals surface area contributed by atoms with E-state index in [0.717, 1.165) is 47.8 Å². The van der Waals surface area contributed by atoms with E-state index in [4.69, 9.17) is 0 Å². The molecule has 0 heterocycles. The van der Waals surface area contributed by atoms with Crippen molar-refractivity contribution in [3.05, 3.63) is 121 Å². The zero-order chi connectivity index (χ0) is 21.6. The Bertz CT molecular complexity index is 1200. The molecule has 0 spiro atoms. The Hall–Kier alpha value is -3.45. The first kappa shape index (κ1) is 20.8. The monoisotopic (exact) mass is 406 g/mol. The van der Waals surface area contributed by atoms with Crippen molar-refractivity contribution >= 4 is 10.8 Å². The second-order valence-corrected chi connectivity index (χ2v) is 7.91. The van der Waals surface area contributed by atoms with Gasteiger partial charge in [-0.1, -0.05) is 84.9 Å². The average Bonchev–Trinajstić information content (AvgIpc) is 2.82. The van der Waals surface area contributed by atoms with Crippen molar-refractivity contribution in [2.75, 3.05) is 0 Å². The molecule has 0 aliphatic heterocycles. The molecule has 0 saturated heterocycles. The quantitative estimate of drug-likeness (QED) is 0.257. The van der Waals surface area contributed by atoms with E-state index in [1.165, 1.54) is 11.1 Å². The summed E-state index contributed by atoms with van der Waals surface area (Å²) in [4.78, 5) is 0. The molecule has 4 rings (SSSR count). The second-order valence-electron chi connectivity index (χ2n) is 7.91. The SMILES string of the molecule is C=CCCc1ccc(-c2ccc3c(F)c(-c4ccc(CCC=C)cc4)ccc3c2)cc1. The maximum absolute atomic E-state index is 15.3. The van der Waals surface area contributed by atoms with E-state index in [1.54, 1.807) is 0 Å². The Morgan fingerprint density at radius 2 is 1.16 bits per heavy atom. The summed E-state index contributed by atoms with van der Waals surface area (Å²) < 4.78 is 15.3. The summed E-state index contributed by atoms with van der Waals surface area (Å²) in [6.07, 6.45) is 7.75. The third-order valence-corrected chi connectivity index (χ3v) is 5.78. The lowest BCUT2D eigenvalue weighted by atomic mass is 9.95. The molecule has 1 heteroatoms. The molecule has 0 unspecified atom stereocenters. The molecule has 0 amide bonds. The van der Waals surface area contributed by atoms with Gasteiger partial charge in [0.05, 0.1) is 0 Å². The van der Waals surface area contributed by atoms with Crippen molar-refractivity contribution in [1.29, 1.82) is 0 Å². The third kappa shape index (κ3) is 4.67. The Morgan fingerprint density at radius 3 is 1.74 bits per heavy atom. The van der Waals surface area contributed by atoms with Crippen LogP contribution >= 0.6 is 0 Å².